The second kappa shape index (κ2) is 7.16. The number of rotatable bonds is 5. The fraction of sp³-hybridized carbons (Fsp3) is 0.308. The van der Waals surface area contributed by atoms with E-state index in [1.165, 1.54) is 6.34 Å². The number of nitrogens with one attached hydrogen (secondary N) is 1. The summed E-state index contributed by atoms with van der Waals surface area (Å²) in [6, 6.07) is 6.55. The standard InChI is InChI=1S/C13H15N5O4/c1-2-22-12(19)10-3-5-11(6-4-10)15-9-17-8-7-14-13(17)16-18(20)21/h3-6,9H,2,7-8H2,1H3,(H,14,16). The third-order valence-electron chi connectivity index (χ3n) is 2.81. The lowest BCUT2D eigenvalue weighted by molar-refractivity contribution is -0.485. The van der Waals surface area contributed by atoms with Crippen LogP contribution in [0.3, 0.4) is 0 Å². The van der Waals surface area contributed by atoms with Crippen LogP contribution in [-0.2, 0) is 4.74 Å². The molecule has 0 aromatic heterocycles. The lowest BCUT2D eigenvalue weighted by Gasteiger charge is -2.07. The van der Waals surface area contributed by atoms with Crippen LogP contribution in [0.2, 0.25) is 0 Å². The Labute approximate surface area is 126 Å². The number of carbonyl (C=O) groups is 1. The van der Waals surface area contributed by atoms with Gasteiger partial charge in [-0.1, -0.05) is 0 Å². The Kier molecular flexibility index (Phi) is 5.02. The minimum absolute atomic E-state index is 0.150. The van der Waals surface area contributed by atoms with E-state index in [0.717, 1.165) is 0 Å². The van der Waals surface area contributed by atoms with Crippen LogP contribution in [0.4, 0.5) is 5.69 Å². The predicted molar refractivity (Wildman–Crippen MR) is 79.7 cm³/mol. The smallest absolute Gasteiger partial charge is 0.338 e. The van der Waals surface area contributed by atoms with Crippen molar-refractivity contribution in [3.05, 3.63) is 39.9 Å². The highest BCUT2D eigenvalue weighted by Crippen LogP contribution is 2.13. The fourth-order valence-electron chi connectivity index (χ4n) is 1.81. The molecule has 1 aromatic carbocycles. The lowest BCUT2D eigenvalue weighted by atomic mass is 10.2. The first-order chi connectivity index (χ1) is 10.6. The molecule has 0 atom stereocenters. The molecule has 9 heteroatoms. The molecule has 0 aliphatic carbocycles. The molecule has 1 saturated heterocycles. The van der Waals surface area contributed by atoms with Gasteiger partial charge in [0.05, 0.1) is 24.2 Å². The Morgan fingerprint density at radius 1 is 1.50 bits per heavy atom. The fourth-order valence-corrected chi connectivity index (χ4v) is 1.81. The molecule has 0 unspecified atom stereocenters. The van der Waals surface area contributed by atoms with Gasteiger partial charge in [0.15, 0.2) is 5.03 Å². The van der Waals surface area contributed by atoms with Crippen molar-refractivity contribution in [1.29, 1.82) is 0 Å². The number of hydrogen-bond donors (Lipinski definition) is 1. The highest BCUT2D eigenvalue weighted by Gasteiger charge is 2.19. The van der Waals surface area contributed by atoms with Gasteiger partial charge in [0.25, 0.3) is 5.96 Å². The van der Waals surface area contributed by atoms with Gasteiger partial charge in [0.1, 0.15) is 5.10 Å². The normalized spacial score (nSPS) is 16.0. The van der Waals surface area contributed by atoms with Crippen LogP contribution in [0.1, 0.15) is 17.3 Å². The van der Waals surface area contributed by atoms with E-state index in [4.69, 9.17) is 4.74 Å². The van der Waals surface area contributed by atoms with E-state index in [0.29, 0.717) is 30.9 Å². The number of guanidine groups is 1. The molecule has 116 valence electrons. The minimum Gasteiger partial charge on any atom is -0.462 e. The Morgan fingerprint density at radius 2 is 2.23 bits per heavy atom. The molecule has 9 nitrogen and oxygen atoms in total. The summed E-state index contributed by atoms with van der Waals surface area (Å²) in [6.45, 7) is 3.15. The molecule has 1 N–H and O–H groups in total. The third-order valence-corrected chi connectivity index (χ3v) is 2.81. The molecule has 1 aliphatic heterocycles. The van der Waals surface area contributed by atoms with Crippen LogP contribution < -0.4 is 5.32 Å². The van der Waals surface area contributed by atoms with Crippen molar-refractivity contribution >= 4 is 24.0 Å². The Bertz CT molecular complexity index is 611. The molecule has 1 aliphatic rings. The third kappa shape index (κ3) is 4.01. The van der Waals surface area contributed by atoms with E-state index < -0.39 is 5.03 Å². The Hall–Kier alpha value is -2.97. The summed E-state index contributed by atoms with van der Waals surface area (Å²) in [7, 11) is 0. The summed E-state index contributed by atoms with van der Waals surface area (Å²) >= 11 is 0. The predicted octanol–water partition coefficient (Wildman–Crippen LogP) is 0.976. The van der Waals surface area contributed by atoms with Gasteiger partial charge < -0.3 is 10.1 Å². The molecule has 0 bridgehead atoms. The van der Waals surface area contributed by atoms with Crippen molar-refractivity contribution in [3.8, 4) is 0 Å². The zero-order chi connectivity index (χ0) is 15.9. The number of esters is 1. The highest BCUT2D eigenvalue weighted by molar-refractivity contribution is 5.92. The second-order valence-electron chi connectivity index (χ2n) is 4.29. The summed E-state index contributed by atoms with van der Waals surface area (Å²) in [5, 5.41) is 15.7. The zero-order valence-electron chi connectivity index (χ0n) is 11.9. The topological polar surface area (TPSA) is 109 Å². The molecular weight excluding hydrogens is 290 g/mol. The van der Waals surface area contributed by atoms with E-state index in [1.807, 2.05) is 0 Å². The van der Waals surface area contributed by atoms with Crippen molar-refractivity contribution < 1.29 is 14.6 Å². The van der Waals surface area contributed by atoms with Gasteiger partial charge in [-0.3, -0.25) is 4.90 Å². The number of nitro groups is 1. The van der Waals surface area contributed by atoms with Gasteiger partial charge in [-0.05, 0) is 31.2 Å². The summed E-state index contributed by atoms with van der Waals surface area (Å²) in [5.41, 5.74) is 1.06. The number of nitrogens with zero attached hydrogens (tertiary/aromatic N) is 4. The summed E-state index contributed by atoms with van der Waals surface area (Å²) in [6.07, 6.45) is 1.46. The molecule has 1 heterocycles. The molecule has 0 amide bonds. The number of hydrazone groups is 1. The Morgan fingerprint density at radius 3 is 2.86 bits per heavy atom. The highest BCUT2D eigenvalue weighted by atomic mass is 16.7. The van der Waals surface area contributed by atoms with E-state index in [-0.39, 0.29) is 11.9 Å². The molecule has 2 rings (SSSR count). The van der Waals surface area contributed by atoms with Crippen molar-refractivity contribution in [2.24, 2.45) is 10.1 Å². The van der Waals surface area contributed by atoms with E-state index in [1.54, 1.807) is 36.1 Å². The number of hydrogen-bond acceptors (Lipinski definition) is 5. The van der Waals surface area contributed by atoms with Gasteiger partial charge in [-0.15, -0.1) is 0 Å². The van der Waals surface area contributed by atoms with E-state index >= 15 is 0 Å². The van der Waals surface area contributed by atoms with Gasteiger partial charge in [0.2, 0.25) is 0 Å². The van der Waals surface area contributed by atoms with Crippen LogP contribution in [0, 0.1) is 10.1 Å². The first-order valence-corrected chi connectivity index (χ1v) is 6.65. The van der Waals surface area contributed by atoms with Crippen LogP contribution >= 0.6 is 0 Å². The molecule has 1 aromatic rings. The largest absolute Gasteiger partial charge is 0.462 e. The SMILES string of the molecule is CCOC(=O)c1ccc(N=CN2CCN/C2=N/[N+](=O)[O-])cc1. The van der Waals surface area contributed by atoms with Crippen LogP contribution in [0.5, 0.6) is 0 Å². The van der Waals surface area contributed by atoms with Crippen molar-refractivity contribution in [3.63, 3.8) is 0 Å². The molecule has 0 saturated carbocycles. The average molecular weight is 305 g/mol. The van der Waals surface area contributed by atoms with Crippen molar-refractivity contribution in [2.45, 2.75) is 6.92 Å². The molecule has 0 radical (unpaired) electrons. The first kappa shape index (κ1) is 15.4. The number of carbonyl (C=O) groups excluding carboxylic acids is 1. The van der Waals surface area contributed by atoms with Crippen molar-refractivity contribution in [2.75, 3.05) is 19.7 Å². The van der Waals surface area contributed by atoms with Crippen LogP contribution in [0.25, 0.3) is 0 Å². The molecular formula is C13H15N5O4. The van der Waals surface area contributed by atoms with Crippen molar-refractivity contribution in [1.82, 2.24) is 10.2 Å². The van der Waals surface area contributed by atoms with Crippen LogP contribution in [-0.4, -0.2) is 47.9 Å². The average Bonchev–Trinajstić information content (AvgIpc) is 2.92. The van der Waals surface area contributed by atoms with E-state index in [9.17, 15) is 14.9 Å². The van der Waals surface area contributed by atoms with Gasteiger partial charge in [0, 0.05) is 13.1 Å². The number of benzene rings is 1. The number of ether oxygens (including phenoxy) is 1. The first-order valence-electron chi connectivity index (χ1n) is 6.65. The van der Waals surface area contributed by atoms with E-state index in [2.05, 4.69) is 15.4 Å². The maximum absolute atomic E-state index is 11.5. The zero-order valence-corrected chi connectivity index (χ0v) is 11.9. The monoisotopic (exact) mass is 305 g/mol. The van der Waals surface area contributed by atoms with Gasteiger partial charge in [-0.2, -0.15) is 0 Å². The lowest BCUT2D eigenvalue weighted by Crippen LogP contribution is -2.29. The van der Waals surface area contributed by atoms with Gasteiger partial charge >= 0.3 is 5.97 Å². The summed E-state index contributed by atoms with van der Waals surface area (Å²) < 4.78 is 4.89. The van der Waals surface area contributed by atoms with Crippen LogP contribution in [0.15, 0.2) is 34.4 Å². The summed E-state index contributed by atoms with van der Waals surface area (Å²) in [5.74, 6) is -0.237. The maximum Gasteiger partial charge on any atom is 0.338 e. The Balaban J connectivity index is 2.04. The summed E-state index contributed by atoms with van der Waals surface area (Å²) in [4.78, 5) is 27.6. The minimum atomic E-state index is -0.761. The second-order valence-corrected chi connectivity index (χ2v) is 4.29. The quantitative estimate of drug-likeness (QED) is 0.285. The molecule has 1 fully saturated rings. The number of aliphatic imine (C=N–C) groups is 1. The molecule has 0 spiro atoms. The van der Waals surface area contributed by atoms with Gasteiger partial charge in [-0.25, -0.2) is 19.9 Å². The molecule has 22 heavy (non-hydrogen) atoms. The maximum atomic E-state index is 11.5.